The minimum atomic E-state index is -3.81. The van der Waals surface area contributed by atoms with E-state index in [1.54, 1.807) is 19.9 Å². The van der Waals surface area contributed by atoms with Crippen molar-refractivity contribution in [3.63, 3.8) is 0 Å². The van der Waals surface area contributed by atoms with E-state index in [1.807, 2.05) is 6.92 Å². The van der Waals surface area contributed by atoms with Crippen LogP contribution >= 0.6 is 0 Å². The quantitative estimate of drug-likeness (QED) is 0.868. The topological polar surface area (TPSA) is 79.2 Å². The summed E-state index contributed by atoms with van der Waals surface area (Å²) in [5, 5.41) is 8.71. The third-order valence-electron chi connectivity index (χ3n) is 2.59. The Bertz CT molecular complexity index is 621. The summed E-state index contributed by atoms with van der Waals surface area (Å²) in [4.78, 5) is -0.150. The van der Waals surface area contributed by atoms with Crippen LogP contribution in [0.3, 0.4) is 0 Å². The van der Waals surface area contributed by atoms with E-state index in [2.05, 4.69) is 4.72 Å². The molecule has 0 amide bonds. The molecule has 1 N–H and O–H groups in total. The van der Waals surface area contributed by atoms with Crippen molar-refractivity contribution in [1.29, 1.82) is 5.26 Å². The molecular weight excluding hydrogens is 283 g/mol. The number of nitrogens with zero attached hydrogens (tertiary/aromatic N) is 1. The van der Waals surface area contributed by atoms with Gasteiger partial charge in [-0.2, -0.15) is 5.26 Å². The summed E-state index contributed by atoms with van der Waals surface area (Å²) < 4.78 is 45.1. The Kier molecular flexibility index (Phi) is 5.22. The van der Waals surface area contributed by atoms with Gasteiger partial charge in [0.15, 0.2) is 0 Å². The molecule has 110 valence electrons. The van der Waals surface area contributed by atoms with Crippen molar-refractivity contribution in [2.45, 2.75) is 31.3 Å². The second-order valence-corrected chi connectivity index (χ2v) is 6.54. The van der Waals surface area contributed by atoms with Gasteiger partial charge in [-0.1, -0.05) is 0 Å². The minimum Gasteiger partial charge on any atom is -0.375 e. The van der Waals surface area contributed by atoms with Crippen molar-refractivity contribution in [2.75, 3.05) is 13.2 Å². The number of hydrogen-bond donors (Lipinski definition) is 1. The second-order valence-electron chi connectivity index (χ2n) is 4.77. The van der Waals surface area contributed by atoms with Crippen molar-refractivity contribution in [3.8, 4) is 6.07 Å². The summed E-state index contributed by atoms with van der Waals surface area (Å²) in [5.74, 6) is -0.749. The Morgan fingerprint density at radius 1 is 1.45 bits per heavy atom. The van der Waals surface area contributed by atoms with Crippen LogP contribution < -0.4 is 4.72 Å². The molecular formula is C13H17FN2O3S. The highest BCUT2D eigenvalue weighted by Crippen LogP contribution is 2.15. The lowest BCUT2D eigenvalue weighted by molar-refractivity contribution is -0.00515. The van der Waals surface area contributed by atoms with E-state index in [-0.39, 0.29) is 17.0 Å². The zero-order chi connectivity index (χ0) is 15.4. The molecule has 5 nitrogen and oxygen atoms in total. The molecule has 0 saturated heterocycles. The second kappa shape index (κ2) is 6.31. The highest BCUT2D eigenvalue weighted by atomic mass is 32.2. The van der Waals surface area contributed by atoms with Crippen LogP contribution in [0, 0.1) is 17.1 Å². The smallest absolute Gasteiger partial charge is 0.240 e. The van der Waals surface area contributed by atoms with E-state index in [9.17, 15) is 12.8 Å². The third-order valence-corrected chi connectivity index (χ3v) is 3.99. The standard InChI is InChI=1S/C13H17FN2O3S/c1-4-19-13(2,3)9-16-20(17,18)11-5-6-12(14)10(7-11)8-15/h5-7,16H,4,9H2,1-3H3. The van der Waals surface area contributed by atoms with E-state index in [0.717, 1.165) is 18.2 Å². The summed E-state index contributed by atoms with van der Waals surface area (Å²) in [6.45, 7) is 5.86. The van der Waals surface area contributed by atoms with Crippen LogP contribution in [0.1, 0.15) is 26.3 Å². The van der Waals surface area contributed by atoms with Crippen molar-refractivity contribution in [3.05, 3.63) is 29.6 Å². The van der Waals surface area contributed by atoms with Crippen LogP contribution in [0.25, 0.3) is 0 Å². The average Bonchev–Trinajstić information content (AvgIpc) is 2.37. The molecule has 0 aromatic heterocycles. The lowest BCUT2D eigenvalue weighted by atomic mass is 10.1. The number of halogens is 1. The Morgan fingerprint density at radius 2 is 2.10 bits per heavy atom. The predicted molar refractivity (Wildman–Crippen MR) is 72.0 cm³/mol. The SMILES string of the molecule is CCOC(C)(C)CNS(=O)(=O)c1ccc(F)c(C#N)c1. The first-order valence-electron chi connectivity index (χ1n) is 6.05. The first-order chi connectivity index (χ1) is 9.22. The number of ether oxygens (including phenoxy) is 1. The summed E-state index contributed by atoms with van der Waals surface area (Å²) in [7, 11) is -3.81. The molecule has 0 aliphatic rings. The predicted octanol–water partition coefficient (Wildman–Crippen LogP) is 1.79. The van der Waals surface area contributed by atoms with Crippen LogP contribution in [0.15, 0.2) is 23.1 Å². The Labute approximate surface area is 118 Å². The molecule has 1 aromatic rings. The third kappa shape index (κ3) is 4.27. The van der Waals surface area contributed by atoms with Gasteiger partial charge in [0.2, 0.25) is 10.0 Å². The molecule has 1 aromatic carbocycles. The van der Waals surface area contributed by atoms with Gasteiger partial charge in [0, 0.05) is 13.2 Å². The first-order valence-corrected chi connectivity index (χ1v) is 7.53. The van der Waals surface area contributed by atoms with Crippen LogP contribution in [0.4, 0.5) is 4.39 Å². The van der Waals surface area contributed by atoms with Gasteiger partial charge in [0.05, 0.1) is 16.1 Å². The fraction of sp³-hybridized carbons (Fsp3) is 0.462. The average molecular weight is 300 g/mol. The maximum absolute atomic E-state index is 13.2. The number of benzene rings is 1. The van der Waals surface area contributed by atoms with Gasteiger partial charge in [-0.25, -0.2) is 17.5 Å². The van der Waals surface area contributed by atoms with Crippen molar-refractivity contribution >= 4 is 10.0 Å². The lowest BCUT2D eigenvalue weighted by Crippen LogP contribution is -2.40. The van der Waals surface area contributed by atoms with Gasteiger partial charge in [0.1, 0.15) is 11.9 Å². The Morgan fingerprint density at radius 3 is 2.65 bits per heavy atom. The van der Waals surface area contributed by atoms with E-state index in [4.69, 9.17) is 10.00 Å². The molecule has 0 radical (unpaired) electrons. The molecule has 0 heterocycles. The molecule has 0 atom stereocenters. The molecule has 0 bridgehead atoms. The monoisotopic (exact) mass is 300 g/mol. The lowest BCUT2D eigenvalue weighted by Gasteiger charge is -2.24. The molecule has 0 unspecified atom stereocenters. The number of sulfonamides is 1. The molecule has 0 fully saturated rings. The van der Waals surface area contributed by atoms with Gasteiger partial charge in [-0.15, -0.1) is 0 Å². The van der Waals surface area contributed by atoms with E-state index in [1.165, 1.54) is 0 Å². The maximum atomic E-state index is 13.2. The number of rotatable bonds is 6. The molecule has 20 heavy (non-hydrogen) atoms. The van der Waals surface area contributed by atoms with E-state index < -0.39 is 21.4 Å². The zero-order valence-corrected chi connectivity index (χ0v) is 12.4. The maximum Gasteiger partial charge on any atom is 0.240 e. The largest absolute Gasteiger partial charge is 0.375 e. The molecule has 0 saturated carbocycles. The van der Waals surface area contributed by atoms with Crippen molar-refractivity contribution in [2.24, 2.45) is 0 Å². The van der Waals surface area contributed by atoms with Crippen molar-refractivity contribution < 1.29 is 17.5 Å². The van der Waals surface area contributed by atoms with Crippen LogP contribution in [0.2, 0.25) is 0 Å². The number of nitriles is 1. The minimum absolute atomic E-state index is 0.0719. The van der Waals surface area contributed by atoms with Crippen molar-refractivity contribution in [1.82, 2.24) is 4.72 Å². The highest BCUT2D eigenvalue weighted by Gasteiger charge is 2.23. The fourth-order valence-electron chi connectivity index (χ4n) is 1.55. The molecule has 0 spiro atoms. The first kappa shape index (κ1) is 16.6. The van der Waals surface area contributed by atoms with Crippen LogP contribution in [0.5, 0.6) is 0 Å². The summed E-state index contributed by atoms with van der Waals surface area (Å²) in [5.41, 5.74) is -0.961. The fourth-order valence-corrected chi connectivity index (χ4v) is 2.78. The van der Waals surface area contributed by atoms with Gasteiger partial charge in [-0.05, 0) is 39.0 Å². The van der Waals surface area contributed by atoms with Gasteiger partial charge < -0.3 is 4.74 Å². The van der Waals surface area contributed by atoms with Gasteiger partial charge in [-0.3, -0.25) is 0 Å². The Balaban J connectivity index is 2.93. The zero-order valence-electron chi connectivity index (χ0n) is 11.6. The molecule has 1 rings (SSSR count). The van der Waals surface area contributed by atoms with E-state index in [0.29, 0.717) is 6.61 Å². The van der Waals surface area contributed by atoms with Gasteiger partial charge in [0.25, 0.3) is 0 Å². The molecule has 0 aliphatic heterocycles. The van der Waals surface area contributed by atoms with Gasteiger partial charge >= 0.3 is 0 Å². The van der Waals surface area contributed by atoms with Crippen LogP contribution in [-0.4, -0.2) is 27.2 Å². The van der Waals surface area contributed by atoms with E-state index >= 15 is 0 Å². The number of nitrogens with one attached hydrogen (secondary N) is 1. The summed E-state index contributed by atoms with van der Waals surface area (Å²) in [6, 6.07) is 4.69. The summed E-state index contributed by atoms with van der Waals surface area (Å²) >= 11 is 0. The molecule has 0 aliphatic carbocycles. The summed E-state index contributed by atoms with van der Waals surface area (Å²) in [6.07, 6.45) is 0. The molecule has 7 heteroatoms. The Hall–Kier alpha value is -1.49. The normalized spacial score (nSPS) is 12.2. The number of hydrogen-bond acceptors (Lipinski definition) is 4. The highest BCUT2D eigenvalue weighted by molar-refractivity contribution is 7.89. The van der Waals surface area contributed by atoms with Crippen LogP contribution in [-0.2, 0) is 14.8 Å².